The van der Waals surface area contributed by atoms with Gasteiger partial charge in [0.15, 0.2) is 6.04 Å². The van der Waals surface area contributed by atoms with Crippen molar-refractivity contribution in [3.63, 3.8) is 0 Å². The number of methoxy groups -OCH3 is 2. The molecule has 8 heteroatoms. The minimum absolute atomic E-state index is 0.337. The smallest absolute Gasteiger partial charge is 0.328 e. The molecule has 0 spiro atoms. The molecule has 0 rings (SSSR count). The summed E-state index contributed by atoms with van der Waals surface area (Å²) in [5.41, 5.74) is 0. The number of carboxylic acid groups (broad SMARTS) is 1. The van der Waals surface area contributed by atoms with E-state index in [1.54, 1.807) is 7.11 Å². The van der Waals surface area contributed by atoms with Gasteiger partial charge in [-0.05, 0) is 6.42 Å². The number of nitrogens with zero attached hydrogens (tertiary/aromatic N) is 1. The molecule has 19 heavy (non-hydrogen) atoms. The van der Waals surface area contributed by atoms with Gasteiger partial charge in [-0.1, -0.05) is 0 Å². The van der Waals surface area contributed by atoms with Gasteiger partial charge < -0.3 is 29.9 Å². The molecule has 0 saturated heterocycles. The maximum Gasteiger partial charge on any atom is 0.328 e. The summed E-state index contributed by atoms with van der Waals surface area (Å²) < 4.78 is 9.78. The molecular weight excluding hydrogens is 256 g/mol. The zero-order valence-corrected chi connectivity index (χ0v) is 11.3. The molecule has 2 amide bonds. The van der Waals surface area contributed by atoms with E-state index in [0.29, 0.717) is 32.7 Å². The Morgan fingerprint density at radius 3 is 2.32 bits per heavy atom. The van der Waals surface area contributed by atoms with Gasteiger partial charge in [0.1, 0.15) is 0 Å². The van der Waals surface area contributed by atoms with Gasteiger partial charge >= 0.3 is 12.0 Å². The average Bonchev–Trinajstić information content (AvgIpc) is 2.39. The van der Waals surface area contributed by atoms with Gasteiger partial charge in [0.25, 0.3) is 0 Å². The van der Waals surface area contributed by atoms with Crippen molar-refractivity contribution in [2.45, 2.75) is 12.5 Å². The van der Waals surface area contributed by atoms with Gasteiger partial charge in [-0.15, -0.1) is 0 Å². The molecule has 0 fully saturated rings. The highest BCUT2D eigenvalue weighted by atomic mass is 16.5. The van der Waals surface area contributed by atoms with Crippen molar-refractivity contribution < 1.29 is 29.3 Å². The predicted octanol–water partition coefficient (Wildman–Crippen LogP) is -0.874. The number of rotatable bonds is 10. The van der Waals surface area contributed by atoms with Gasteiger partial charge in [-0.25, -0.2) is 9.59 Å². The molecule has 0 aliphatic carbocycles. The number of aliphatic hydroxyl groups excluding tert-OH is 1. The third-order valence-corrected chi connectivity index (χ3v) is 2.41. The zero-order chi connectivity index (χ0) is 14.7. The first-order valence-corrected chi connectivity index (χ1v) is 5.93. The van der Waals surface area contributed by atoms with Crippen molar-refractivity contribution >= 4 is 12.0 Å². The molecule has 0 aliphatic rings. The molecule has 0 heterocycles. The summed E-state index contributed by atoms with van der Waals surface area (Å²) in [6.07, 6.45) is 0.629. The lowest BCUT2D eigenvalue weighted by molar-refractivity contribution is -0.140. The molecule has 0 aromatic rings. The highest BCUT2D eigenvalue weighted by Crippen LogP contribution is 1.96. The topological polar surface area (TPSA) is 108 Å². The zero-order valence-electron chi connectivity index (χ0n) is 11.3. The third-order valence-electron chi connectivity index (χ3n) is 2.41. The molecule has 0 aromatic heterocycles. The number of urea groups is 1. The largest absolute Gasteiger partial charge is 0.480 e. The molecule has 0 aliphatic heterocycles. The van der Waals surface area contributed by atoms with E-state index < -0.39 is 24.6 Å². The quantitative estimate of drug-likeness (QED) is 0.448. The van der Waals surface area contributed by atoms with Crippen molar-refractivity contribution in [2.24, 2.45) is 0 Å². The van der Waals surface area contributed by atoms with Crippen LogP contribution in [-0.2, 0) is 14.3 Å². The first-order valence-electron chi connectivity index (χ1n) is 5.93. The van der Waals surface area contributed by atoms with E-state index in [1.807, 2.05) is 0 Å². The van der Waals surface area contributed by atoms with Crippen molar-refractivity contribution in [1.29, 1.82) is 0 Å². The fraction of sp³-hybridized carbons (Fsp3) is 0.818. The molecule has 112 valence electrons. The average molecular weight is 278 g/mol. The van der Waals surface area contributed by atoms with Crippen LogP contribution in [0.3, 0.4) is 0 Å². The second-order valence-electron chi connectivity index (χ2n) is 3.85. The Bertz CT molecular complexity index is 274. The van der Waals surface area contributed by atoms with Crippen LogP contribution < -0.4 is 5.32 Å². The Balaban J connectivity index is 4.37. The van der Waals surface area contributed by atoms with E-state index in [2.05, 4.69) is 5.32 Å². The summed E-state index contributed by atoms with van der Waals surface area (Å²) in [4.78, 5) is 24.0. The number of nitrogens with one attached hydrogen (secondary N) is 1. The summed E-state index contributed by atoms with van der Waals surface area (Å²) in [5, 5.41) is 19.9. The fourth-order valence-corrected chi connectivity index (χ4v) is 1.34. The number of amides is 2. The number of ether oxygens (including phenoxy) is 2. The number of carbonyl (C=O) groups is 2. The molecule has 1 unspecified atom stereocenters. The lowest BCUT2D eigenvalue weighted by atomic mass is 10.3. The van der Waals surface area contributed by atoms with E-state index >= 15 is 0 Å². The normalized spacial score (nSPS) is 11.9. The minimum Gasteiger partial charge on any atom is -0.480 e. The molecule has 0 radical (unpaired) electrons. The van der Waals surface area contributed by atoms with E-state index in [4.69, 9.17) is 19.7 Å². The molecule has 0 aromatic carbocycles. The maximum atomic E-state index is 11.9. The van der Waals surface area contributed by atoms with Crippen LogP contribution in [0.2, 0.25) is 0 Å². The van der Waals surface area contributed by atoms with Crippen LogP contribution in [0.1, 0.15) is 6.42 Å². The van der Waals surface area contributed by atoms with Crippen molar-refractivity contribution in [3.05, 3.63) is 0 Å². The van der Waals surface area contributed by atoms with E-state index in [-0.39, 0.29) is 0 Å². The number of hydrogen-bond donors (Lipinski definition) is 3. The van der Waals surface area contributed by atoms with E-state index in [9.17, 15) is 9.59 Å². The van der Waals surface area contributed by atoms with Gasteiger partial charge in [0, 0.05) is 33.9 Å². The standard InChI is InChI=1S/C11H22N2O6/c1-18-6-3-4-13(5-7-19-2)11(17)12-9(8-14)10(15)16/h9,14H,3-8H2,1-2H3,(H,12,17)(H,15,16). The maximum absolute atomic E-state index is 11.9. The van der Waals surface area contributed by atoms with Gasteiger partial charge in [-0.2, -0.15) is 0 Å². The Morgan fingerprint density at radius 2 is 1.84 bits per heavy atom. The second kappa shape index (κ2) is 10.5. The van der Waals surface area contributed by atoms with Crippen LogP contribution in [0.5, 0.6) is 0 Å². The van der Waals surface area contributed by atoms with Gasteiger partial charge in [-0.3, -0.25) is 0 Å². The third kappa shape index (κ3) is 7.60. The number of carbonyl (C=O) groups excluding carboxylic acids is 1. The lowest BCUT2D eigenvalue weighted by Crippen LogP contribution is -2.50. The van der Waals surface area contributed by atoms with Crippen LogP contribution in [0, 0.1) is 0 Å². The summed E-state index contributed by atoms with van der Waals surface area (Å²) in [6, 6.07) is -1.85. The Labute approximate surface area is 112 Å². The second-order valence-corrected chi connectivity index (χ2v) is 3.85. The van der Waals surface area contributed by atoms with Crippen LogP contribution in [-0.4, -0.2) is 80.3 Å². The van der Waals surface area contributed by atoms with Crippen molar-refractivity contribution in [1.82, 2.24) is 10.2 Å². The number of aliphatic carboxylic acids is 1. The van der Waals surface area contributed by atoms with Crippen molar-refractivity contribution in [2.75, 3.05) is 47.1 Å². The molecule has 3 N–H and O–H groups in total. The summed E-state index contributed by atoms with van der Waals surface area (Å²) >= 11 is 0. The van der Waals surface area contributed by atoms with E-state index in [0.717, 1.165) is 0 Å². The Morgan fingerprint density at radius 1 is 1.21 bits per heavy atom. The van der Waals surface area contributed by atoms with Gasteiger partial charge in [0.05, 0.1) is 13.2 Å². The molecular formula is C11H22N2O6. The molecule has 1 atom stereocenters. The number of hydrogen-bond acceptors (Lipinski definition) is 5. The molecule has 8 nitrogen and oxygen atoms in total. The monoisotopic (exact) mass is 278 g/mol. The first kappa shape index (κ1) is 17.6. The van der Waals surface area contributed by atoms with Crippen LogP contribution >= 0.6 is 0 Å². The summed E-state index contributed by atoms with van der Waals surface area (Å²) in [5.74, 6) is -1.28. The summed E-state index contributed by atoms with van der Waals surface area (Å²) in [7, 11) is 3.07. The highest BCUT2D eigenvalue weighted by Gasteiger charge is 2.22. The van der Waals surface area contributed by atoms with Crippen molar-refractivity contribution in [3.8, 4) is 0 Å². The number of aliphatic hydroxyl groups is 1. The fourth-order valence-electron chi connectivity index (χ4n) is 1.34. The molecule has 0 bridgehead atoms. The van der Waals surface area contributed by atoms with Gasteiger partial charge in [0.2, 0.25) is 0 Å². The van der Waals surface area contributed by atoms with E-state index in [1.165, 1.54) is 12.0 Å². The first-order chi connectivity index (χ1) is 9.06. The minimum atomic E-state index is -1.31. The predicted molar refractivity (Wildman–Crippen MR) is 67.0 cm³/mol. The van der Waals surface area contributed by atoms with Crippen LogP contribution in [0.4, 0.5) is 4.79 Å². The SMILES string of the molecule is COCCCN(CCOC)C(=O)NC(CO)C(=O)O. The number of carboxylic acids is 1. The summed E-state index contributed by atoms with van der Waals surface area (Å²) in [6.45, 7) is 0.943. The lowest BCUT2D eigenvalue weighted by Gasteiger charge is -2.24. The Hall–Kier alpha value is -1.38. The highest BCUT2D eigenvalue weighted by molar-refractivity contribution is 5.82. The van der Waals surface area contributed by atoms with Crippen LogP contribution in [0.25, 0.3) is 0 Å². The Kier molecular flexibility index (Phi) is 9.77. The molecule has 0 saturated carbocycles. The van der Waals surface area contributed by atoms with Crippen LogP contribution in [0.15, 0.2) is 0 Å².